The van der Waals surface area contributed by atoms with Crippen molar-refractivity contribution in [3.8, 4) is 0 Å². The summed E-state index contributed by atoms with van der Waals surface area (Å²) in [5, 5.41) is 11.9. The molecule has 3 heteroatoms. The Hall–Kier alpha value is -0.570. The number of nitrogens with one attached hydrogen (secondary N) is 1. The first-order valence-corrected chi connectivity index (χ1v) is 4.55. The molecular weight excluding hydrogens is 154 g/mol. The smallest absolute Gasteiger partial charge is 0.305 e. The minimum Gasteiger partial charge on any atom is -0.481 e. The lowest BCUT2D eigenvalue weighted by Crippen LogP contribution is -2.46. The lowest BCUT2D eigenvalue weighted by molar-refractivity contribution is -0.139. The van der Waals surface area contributed by atoms with E-state index >= 15 is 0 Å². The van der Waals surface area contributed by atoms with Crippen LogP contribution in [-0.2, 0) is 4.79 Å². The average Bonchev–Trinajstić information content (AvgIpc) is 2.82. The van der Waals surface area contributed by atoms with Crippen LogP contribution in [0.1, 0.15) is 32.6 Å². The summed E-state index contributed by atoms with van der Waals surface area (Å²) in [4.78, 5) is 10.6. The second kappa shape index (κ2) is 3.44. The van der Waals surface area contributed by atoms with Crippen LogP contribution in [0.4, 0.5) is 0 Å². The number of rotatable bonds is 5. The molecule has 0 heterocycles. The van der Waals surface area contributed by atoms with Crippen LogP contribution in [0.2, 0.25) is 0 Å². The third kappa shape index (κ3) is 1.78. The quantitative estimate of drug-likeness (QED) is 0.654. The zero-order valence-corrected chi connectivity index (χ0v) is 7.76. The van der Waals surface area contributed by atoms with Gasteiger partial charge in [-0.2, -0.15) is 0 Å². The van der Waals surface area contributed by atoms with Crippen LogP contribution >= 0.6 is 0 Å². The Labute approximate surface area is 73.2 Å². The van der Waals surface area contributed by atoms with Crippen molar-refractivity contribution >= 4 is 5.97 Å². The predicted molar refractivity (Wildman–Crippen MR) is 47.1 cm³/mol. The number of carboxylic acids is 1. The molecule has 0 radical (unpaired) electrons. The van der Waals surface area contributed by atoms with Crippen LogP contribution in [0.15, 0.2) is 0 Å². The number of aliphatic carboxylic acids is 1. The summed E-state index contributed by atoms with van der Waals surface area (Å²) >= 11 is 0. The van der Waals surface area contributed by atoms with Crippen molar-refractivity contribution < 1.29 is 9.90 Å². The molecule has 1 aliphatic carbocycles. The van der Waals surface area contributed by atoms with Gasteiger partial charge in [0, 0.05) is 5.54 Å². The van der Waals surface area contributed by atoms with Gasteiger partial charge in [-0.1, -0.05) is 6.92 Å². The lowest BCUT2D eigenvalue weighted by Gasteiger charge is -2.31. The molecule has 1 unspecified atom stereocenters. The maximum absolute atomic E-state index is 10.6. The average molecular weight is 171 g/mol. The summed E-state index contributed by atoms with van der Waals surface area (Å²) in [6.07, 6.45) is 3.52. The van der Waals surface area contributed by atoms with Gasteiger partial charge in [0.25, 0.3) is 0 Å². The van der Waals surface area contributed by atoms with Crippen molar-refractivity contribution in [2.45, 2.75) is 38.1 Å². The van der Waals surface area contributed by atoms with Gasteiger partial charge < -0.3 is 10.4 Å². The Morgan fingerprint density at radius 3 is 2.50 bits per heavy atom. The number of hydrogen-bond acceptors (Lipinski definition) is 2. The van der Waals surface area contributed by atoms with Gasteiger partial charge in [0.2, 0.25) is 0 Å². The summed E-state index contributed by atoms with van der Waals surface area (Å²) < 4.78 is 0. The van der Waals surface area contributed by atoms with Crippen LogP contribution in [0, 0.1) is 5.92 Å². The van der Waals surface area contributed by atoms with Gasteiger partial charge in [0.05, 0.1) is 6.42 Å². The molecule has 1 fully saturated rings. The third-order valence-electron chi connectivity index (χ3n) is 2.95. The molecule has 1 aliphatic rings. The van der Waals surface area contributed by atoms with Crippen LogP contribution in [0.3, 0.4) is 0 Å². The summed E-state index contributed by atoms with van der Waals surface area (Å²) in [5.74, 6) is -0.110. The predicted octanol–water partition coefficient (Wildman–Crippen LogP) is 1.24. The topological polar surface area (TPSA) is 49.3 Å². The van der Waals surface area contributed by atoms with E-state index in [-0.39, 0.29) is 12.0 Å². The Morgan fingerprint density at radius 2 is 2.25 bits per heavy atom. The highest BCUT2D eigenvalue weighted by molar-refractivity contribution is 5.68. The van der Waals surface area contributed by atoms with E-state index in [4.69, 9.17) is 5.11 Å². The van der Waals surface area contributed by atoms with Crippen LogP contribution in [0.5, 0.6) is 0 Å². The molecule has 0 saturated heterocycles. The second-order valence-corrected chi connectivity index (χ2v) is 3.60. The van der Waals surface area contributed by atoms with Crippen molar-refractivity contribution in [2.24, 2.45) is 5.92 Å². The molecule has 0 aromatic carbocycles. The Kier molecular flexibility index (Phi) is 2.73. The van der Waals surface area contributed by atoms with Crippen molar-refractivity contribution in [1.82, 2.24) is 5.32 Å². The zero-order chi connectivity index (χ0) is 9.19. The molecular formula is C9H17NO2. The number of carboxylic acid groups (broad SMARTS) is 1. The van der Waals surface area contributed by atoms with Gasteiger partial charge in [-0.15, -0.1) is 0 Å². The first-order chi connectivity index (χ1) is 5.64. The standard InChI is InChI=1S/C9H17NO2/c1-3-9(10-2,6-8(11)12)7-4-5-7/h7,10H,3-6H2,1-2H3,(H,11,12). The molecule has 1 rings (SSSR count). The summed E-state index contributed by atoms with van der Waals surface area (Å²) in [7, 11) is 1.87. The molecule has 12 heavy (non-hydrogen) atoms. The molecule has 0 bridgehead atoms. The monoisotopic (exact) mass is 171 g/mol. The highest BCUT2D eigenvalue weighted by Crippen LogP contribution is 2.43. The molecule has 0 aliphatic heterocycles. The largest absolute Gasteiger partial charge is 0.481 e. The van der Waals surface area contributed by atoms with Crippen molar-refractivity contribution in [3.05, 3.63) is 0 Å². The van der Waals surface area contributed by atoms with Crippen LogP contribution in [-0.4, -0.2) is 23.7 Å². The highest BCUT2D eigenvalue weighted by atomic mass is 16.4. The molecule has 70 valence electrons. The fraction of sp³-hybridized carbons (Fsp3) is 0.889. The fourth-order valence-corrected chi connectivity index (χ4v) is 1.93. The van der Waals surface area contributed by atoms with Gasteiger partial charge in [0.1, 0.15) is 0 Å². The van der Waals surface area contributed by atoms with Crippen molar-refractivity contribution in [1.29, 1.82) is 0 Å². The van der Waals surface area contributed by atoms with Crippen LogP contribution < -0.4 is 5.32 Å². The molecule has 0 spiro atoms. The third-order valence-corrected chi connectivity index (χ3v) is 2.95. The summed E-state index contributed by atoms with van der Waals surface area (Å²) in [6.45, 7) is 2.05. The minimum atomic E-state index is -0.696. The van der Waals surface area contributed by atoms with Crippen molar-refractivity contribution in [3.63, 3.8) is 0 Å². The molecule has 3 nitrogen and oxygen atoms in total. The number of carbonyl (C=O) groups is 1. The lowest BCUT2D eigenvalue weighted by atomic mass is 9.87. The fourth-order valence-electron chi connectivity index (χ4n) is 1.93. The molecule has 0 aromatic rings. The van der Waals surface area contributed by atoms with E-state index in [1.54, 1.807) is 0 Å². The Morgan fingerprint density at radius 1 is 1.67 bits per heavy atom. The maximum Gasteiger partial charge on any atom is 0.305 e. The molecule has 0 aromatic heterocycles. The van der Waals surface area contributed by atoms with E-state index in [0.717, 1.165) is 6.42 Å². The van der Waals surface area contributed by atoms with Gasteiger partial charge >= 0.3 is 5.97 Å². The van der Waals surface area contributed by atoms with Crippen LogP contribution in [0.25, 0.3) is 0 Å². The van der Waals surface area contributed by atoms with Gasteiger partial charge in [-0.05, 0) is 32.2 Å². The Balaban J connectivity index is 2.61. The van der Waals surface area contributed by atoms with E-state index in [1.165, 1.54) is 12.8 Å². The van der Waals surface area contributed by atoms with Gasteiger partial charge in [0.15, 0.2) is 0 Å². The maximum atomic E-state index is 10.6. The second-order valence-electron chi connectivity index (χ2n) is 3.60. The van der Waals surface area contributed by atoms with Gasteiger partial charge in [-0.3, -0.25) is 4.79 Å². The highest BCUT2D eigenvalue weighted by Gasteiger charge is 2.43. The minimum absolute atomic E-state index is 0.133. The number of hydrogen-bond donors (Lipinski definition) is 2. The normalized spacial score (nSPS) is 21.8. The molecule has 0 amide bonds. The van der Waals surface area contributed by atoms with E-state index in [9.17, 15) is 4.79 Å². The zero-order valence-electron chi connectivity index (χ0n) is 7.76. The Bertz CT molecular complexity index is 171. The van der Waals surface area contributed by atoms with E-state index in [1.807, 2.05) is 7.05 Å². The van der Waals surface area contributed by atoms with Crippen molar-refractivity contribution in [2.75, 3.05) is 7.05 Å². The molecule has 1 atom stereocenters. The molecule has 2 N–H and O–H groups in total. The summed E-state index contributed by atoms with van der Waals surface area (Å²) in [5.41, 5.74) is -0.133. The first kappa shape index (κ1) is 9.52. The van der Waals surface area contributed by atoms with E-state index < -0.39 is 5.97 Å². The first-order valence-electron chi connectivity index (χ1n) is 4.55. The van der Waals surface area contributed by atoms with E-state index in [0.29, 0.717) is 5.92 Å². The van der Waals surface area contributed by atoms with E-state index in [2.05, 4.69) is 12.2 Å². The SMILES string of the molecule is CCC(CC(=O)O)(NC)C1CC1. The summed E-state index contributed by atoms with van der Waals surface area (Å²) in [6, 6.07) is 0. The van der Waals surface area contributed by atoms with Gasteiger partial charge in [-0.25, -0.2) is 0 Å². The molecule has 1 saturated carbocycles.